The predicted octanol–water partition coefficient (Wildman–Crippen LogP) is 6.44. The molecule has 0 fully saturated rings. The number of hydrogen-bond acceptors (Lipinski definition) is 2. The fourth-order valence-corrected chi connectivity index (χ4v) is 4.00. The van der Waals surface area contributed by atoms with Gasteiger partial charge in [0.05, 0.1) is 21.5 Å². The summed E-state index contributed by atoms with van der Waals surface area (Å²) < 4.78 is 2.26. The molecule has 2 aromatic heterocycles. The predicted molar refractivity (Wildman–Crippen MR) is 114 cm³/mol. The number of pyridine rings is 1. The number of nitrogens with zero attached hydrogens (tertiary/aromatic N) is 2. The number of nitro groups is 1. The molecule has 28 heavy (non-hydrogen) atoms. The molecule has 0 saturated heterocycles. The third-order valence-electron chi connectivity index (χ3n) is 5.56. The SMILES string of the molecule is Cc1cc2ccc3cc4cc(-c5ccccc5[N+](=O)[O-])ccc4n3c2cc1C. The minimum absolute atomic E-state index is 0.127. The molecule has 0 atom stereocenters. The van der Waals surface area contributed by atoms with Crippen molar-refractivity contribution >= 4 is 33.0 Å². The van der Waals surface area contributed by atoms with Crippen LogP contribution in [-0.4, -0.2) is 9.32 Å². The highest BCUT2D eigenvalue weighted by atomic mass is 16.6. The quantitative estimate of drug-likeness (QED) is 0.267. The Bertz CT molecular complexity index is 1410. The van der Waals surface area contributed by atoms with Crippen molar-refractivity contribution in [2.24, 2.45) is 0 Å². The largest absolute Gasteiger partial charge is 0.309 e. The number of para-hydroxylation sites is 1. The van der Waals surface area contributed by atoms with Crippen molar-refractivity contribution in [1.29, 1.82) is 0 Å². The standard InChI is InChI=1S/C24H18N2O2/c1-15-11-18-7-9-20-14-19-13-17(21-5-3-4-6-23(21)26(27)28)8-10-22(19)25(20)24(18)12-16(15)2/h3-14H,1-2H3. The normalized spacial score (nSPS) is 11.5. The second-order valence-corrected chi connectivity index (χ2v) is 7.28. The van der Waals surface area contributed by atoms with Gasteiger partial charge in [-0.15, -0.1) is 0 Å². The highest BCUT2D eigenvalue weighted by Gasteiger charge is 2.15. The van der Waals surface area contributed by atoms with Crippen molar-refractivity contribution in [3.8, 4) is 11.1 Å². The number of aryl methyl sites for hydroxylation is 2. The van der Waals surface area contributed by atoms with Crippen molar-refractivity contribution < 1.29 is 4.92 Å². The summed E-state index contributed by atoms with van der Waals surface area (Å²) >= 11 is 0. The van der Waals surface area contributed by atoms with Gasteiger partial charge in [0.1, 0.15) is 0 Å². The molecule has 5 aromatic rings. The van der Waals surface area contributed by atoms with E-state index in [-0.39, 0.29) is 10.6 Å². The summed E-state index contributed by atoms with van der Waals surface area (Å²) in [7, 11) is 0. The molecule has 0 spiro atoms. The number of nitro benzene ring substituents is 1. The number of fused-ring (bicyclic) bond motifs is 5. The topological polar surface area (TPSA) is 47.5 Å². The van der Waals surface area contributed by atoms with E-state index in [2.05, 4.69) is 54.6 Å². The minimum atomic E-state index is -0.325. The van der Waals surface area contributed by atoms with E-state index in [1.54, 1.807) is 18.2 Å². The van der Waals surface area contributed by atoms with Crippen LogP contribution < -0.4 is 0 Å². The number of aromatic nitrogens is 1. The Kier molecular flexibility index (Phi) is 3.49. The summed E-state index contributed by atoms with van der Waals surface area (Å²) in [5, 5.41) is 13.7. The molecule has 0 N–H and O–H groups in total. The van der Waals surface area contributed by atoms with Gasteiger partial charge in [0.15, 0.2) is 0 Å². The van der Waals surface area contributed by atoms with Crippen molar-refractivity contribution in [2.75, 3.05) is 0 Å². The van der Waals surface area contributed by atoms with Crippen molar-refractivity contribution in [3.05, 3.63) is 94.0 Å². The van der Waals surface area contributed by atoms with Crippen LogP contribution in [0.5, 0.6) is 0 Å². The van der Waals surface area contributed by atoms with E-state index in [1.807, 2.05) is 18.2 Å². The first-order valence-electron chi connectivity index (χ1n) is 9.22. The second kappa shape index (κ2) is 5.92. The van der Waals surface area contributed by atoms with Gasteiger partial charge >= 0.3 is 0 Å². The maximum Gasteiger partial charge on any atom is 0.277 e. The van der Waals surface area contributed by atoms with Crippen LogP contribution in [0.2, 0.25) is 0 Å². The lowest BCUT2D eigenvalue weighted by Crippen LogP contribution is -1.92. The van der Waals surface area contributed by atoms with E-state index in [4.69, 9.17) is 0 Å². The molecule has 0 bridgehead atoms. The highest BCUT2D eigenvalue weighted by molar-refractivity contribution is 5.97. The molecular formula is C24H18N2O2. The Labute approximate surface area is 161 Å². The summed E-state index contributed by atoms with van der Waals surface area (Å²) in [6.45, 7) is 4.26. The molecule has 0 saturated carbocycles. The average Bonchev–Trinajstić information content (AvgIpc) is 3.07. The first kappa shape index (κ1) is 16.5. The van der Waals surface area contributed by atoms with Crippen LogP contribution in [0.1, 0.15) is 11.1 Å². The van der Waals surface area contributed by atoms with Crippen LogP contribution >= 0.6 is 0 Å². The zero-order valence-electron chi connectivity index (χ0n) is 15.6. The fraction of sp³-hybridized carbons (Fsp3) is 0.0833. The Balaban J connectivity index is 1.81. The lowest BCUT2D eigenvalue weighted by atomic mass is 10.0. The molecule has 2 heterocycles. The summed E-state index contributed by atoms with van der Waals surface area (Å²) in [5.74, 6) is 0. The maximum atomic E-state index is 11.4. The molecule has 0 radical (unpaired) electrons. The zero-order chi connectivity index (χ0) is 19.4. The van der Waals surface area contributed by atoms with E-state index in [9.17, 15) is 10.1 Å². The van der Waals surface area contributed by atoms with Crippen LogP contribution in [0.15, 0.2) is 72.8 Å². The molecule has 5 rings (SSSR count). The lowest BCUT2D eigenvalue weighted by Gasteiger charge is -2.08. The molecule has 4 heteroatoms. The van der Waals surface area contributed by atoms with Crippen LogP contribution in [0.4, 0.5) is 5.69 Å². The minimum Gasteiger partial charge on any atom is -0.309 e. The van der Waals surface area contributed by atoms with Gasteiger partial charge in [-0.05, 0) is 78.4 Å². The monoisotopic (exact) mass is 366 g/mol. The maximum absolute atomic E-state index is 11.4. The smallest absolute Gasteiger partial charge is 0.277 e. The van der Waals surface area contributed by atoms with Crippen LogP contribution in [-0.2, 0) is 0 Å². The second-order valence-electron chi connectivity index (χ2n) is 7.28. The first-order chi connectivity index (χ1) is 13.5. The van der Waals surface area contributed by atoms with E-state index in [1.165, 1.54) is 22.0 Å². The molecule has 136 valence electrons. The van der Waals surface area contributed by atoms with Crippen LogP contribution in [0, 0.1) is 24.0 Å². The summed E-state index contributed by atoms with van der Waals surface area (Å²) in [6.07, 6.45) is 0. The number of rotatable bonds is 2. The van der Waals surface area contributed by atoms with Crippen molar-refractivity contribution in [3.63, 3.8) is 0 Å². The zero-order valence-corrected chi connectivity index (χ0v) is 15.6. The lowest BCUT2D eigenvalue weighted by molar-refractivity contribution is -0.384. The van der Waals surface area contributed by atoms with E-state index < -0.39 is 0 Å². The molecule has 0 aliphatic carbocycles. The summed E-state index contributed by atoms with van der Waals surface area (Å²) in [5.41, 5.74) is 7.56. The first-order valence-corrected chi connectivity index (χ1v) is 9.22. The molecule has 0 aliphatic heterocycles. The Morgan fingerprint density at radius 3 is 2.39 bits per heavy atom. The van der Waals surface area contributed by atoms with E-state index in [0.29, 0.717) is 5.56 Å². The summed E-state index contributed by atoms with van der Waals surface area (Å²) in [6, 6.07) is 23.8. The molecule has 0 amide bonds. The number of hydrogen-bond donors (Lipinski definition) is 0. The van der Waals surface area contributed by atoms with Gasteiger partial charge in [-0.3, -0.25) is 10.1 Å². The molecule has 3 aromatic carbocycles. The molecule has 4 nitrogen and oxygen atoms in total. The van der Waals surface area contributed by atoms with Gasteiger partial charge in [0.25, 0.3) is 5.69 Å². The van der Waals surface area contributed by atoms with Gasteiger partial charge in [-0.1, -0.05) is 24.3 Å². The molecular weight excluding hydrogens is 348 g/mol. The van der Waals surface area contributed by atoms with E-state index >= 15 is 0 Å². The van der Waals surface area contributed by atoms with Gasteiger partial charge < -0.3 is 4.40 Å². The van der Waals surface area contributed by atoms with Crippen molar-refractivity contribution in [1.82, 2.24) is 4.40 Å². The van der Waals surface area contributed by atoms with Crippen molar-refractivity contribution in [2.45, 2.75) is 13.8 Å². The van der Waals surface area contributed by atoms with Crippen LogP contribution in [0.25, 0.3) is 38.4 Å². The summed E-state index contributed by atoms with van der Waals surface area (Å²) in [4.78, 5) is 11.1. The molecule has 0 aliphatic rings. The third-order valence-corrected chi connectivity index (χ3v) is 5.56. The highest BCUT2D eigenvalue weighted by Crippen LogP contribution is 2.34. The Hall–Kier alpha value is -3.66. The fourth-order valence-electron chi connectivity index (χ4n) is 4.00. The van der Waals surface area contributed by atoms with Gasteiger partial charge in [-0.25, -0.2) is 0 Å². The average molecular weight is 366 g/mol. The Morgan fingerprint density at radius 1 is 0.786 bits per heavy atom. The number of benzene rings is 3. The Morgan fingerprint density at radius 2 is 1.57 bits per heavy atom. The van der Waals surface area contributed by atoms with E-state index in [0.717, 1.165) is 22.0 Å². The van der Waals surface area contributed by atoms with Crippen LogP contribution in [0.3, 0.4) is 0 Å². The van der Waals surface area contributed by atoms with Gasteiger partial charge in [0, 0.05) is 17.0 Å². The van der Waals surface area contributed by atoms with Gasteiger partial charge in [0.2, 0.25) is 0 Å². The third kappa shape index (κ3) is 2.38. The molecule has 0 unspecified atom stereocenters. The van der Waals surface area contributed by atoms with Gasteiger partial charge in [-0.2, -0.15) is 0 Å².